The molecule has 0 atom stereocenters. The van der Waals surface area contributed by atoms with Gasteiger partial charge in [-0.05, 0) is 18.6 Å². The van der Waals surface area contributed by atoms with Crippen LogP contribution in [0.3, 0.4) is 0 Å². The van der Waals surface area contributed by atoms with Gasteiger partial charge in [-0.15, -0.1) is 0 Å². The van der Waals surface area contributed by atoms with Crippen LogP contribution in [-0.2, 0) is 19.1 Å². The Balaban J connectivity index is 2.58. The Kier molecular flexibility index (Phi) is 7.41. The molecule has 1 aliphatic heterocycles. The van der Waals surface area contributed by atoms with Gasteiger partial charge in [-0.1, -0.05) is 30.9 Å². The molecule has 1 fully saturated rings. The third kappa shape index (κ3) is 5.02. The van der Waals surface area contributed by atoms with E-state index in [4.69, 9.17) is 31.5 Å². The van der Waals surface area contributed by atoms with Gasteiger partial charge >= 0.3 is 11.9 Å². The van der Waals surface area contributed by atoms with Crippen LogP contribution in [0.2, 0.25) is 0 Å². The standard InChI is InChI=1S/C18H19NO7S2/c1-4-5-14(22)26-15(10-6-11(24-2)8-12(7-10)25-3)16-17(23)19(9-13(20)21)18(27)28-16/h6-8H,4-5,9H2,1-3H3,(H,20,21). The van der Waals surface area contributed by atoms with Crippen molar-refractivity contribution in [2.45, 2.75) is 19.8 Å². The Morgan fingerprint density at radius 2 is 1.79 bits per heavy atom. The quantitative estimate of drug-likeness (QED) is 0.291. The van der Waals surface area contributed by atoms with Gasteiger partial charge in [0.2, 0.25) is 0 Å². The fourth-order valence-electron chi connectivity index (χ4n) is 2.35. The van der Waals surface area contributed by atoms with Gasteiger partial charge in [0.25, 0.3) is 5.91 Å². The summed E-state index contributed by atoms with van der Waals surface area (Å²) < 4.78 is 16.0. The topological polar surface area (TPSA) is 102 Å². The molecule has 10 heteroatoms. The maximum Gasteiger partial charge on any atom is 0.323 e. The number of carboxylic acids is 1. The van der Waals surface area contributed by atoms with Gasteiger partial charge in [0.05, 0.1) is 14.2 Å². The lowest BCUT2D eigenvalue weighted by Crippen LogP contribution is -2.33. The van der Waals surface area contributed by atoms with Crippen molar-refractivity contribution in [3.05, 3.63) is 28.7 Å². The van der Waals surface area contributed by atoms with E-state index in [9.17, 15) is 14.4 Å². The third-order valence-electron chi connectivity index (χ3n) is 3.63. The summed E-state index contributed by atoms with van der Waals surface area (Å²) in [6.45, 7) is 1.24. The van der Waals surface area contributed by atoms with Crippen molar-refractivity contribution < 1.29 is 33.7 Å². The van der Waals surface area contributed by atoms with Crippen molar-refractivity contribution in [3.8, 4) is 11.5 Å². The number of esters is 1. The molecule has 1 amide bonds. The molecule has 1 aromatic rings. The van der Waals surface area contributed by atoms with Crippen molar-refractivity contribution in [2.24, 2.45) is 0 Å². The zero-order valence-electron chi connectivity index (χ0n) is 15.5. The number of hydrogen-bond acceptors (Lipinski definition) is 8. The highest BCUT2D eigenvalue weighted by Gasteiger charge is 2.37. The molecule has 1 saturated heterocycles. The second kappa shape index (κ2) is 9.56. The highest BCUT2D eigenvalue weighted by atomic mass is 32.2. The molecule has 1 heterocycles. The van der Waals surface area contributed by atoms with E-state index in [2.05, 4.69) is 0 Å². The number of carbonyl (C=O) groups excluding carboxylic acids is 2. The number of thioether (sulfide) groups is 1. The van der Waals surface area contributed by atoms with E-state index in [0.29, 0.717) is 23.5 Å². The minimum atomic E-state index is -1.20. The van der Waals surface area contributed by atoms with Crippen LogP contribution in [0.25, 0.3) is 5.76 Å². The van der Waals surface area contributed by atoms with Crippen LogP contribution < -0.4 is 9.47 Å². The fourth-order valence-corrected chi connectivity index (χ4v) is 3.63. The van der Waals surface area contributed by atoms with E-state index in [-0.39, 0.29) is 21.4 Å². The number of rotatable bonds is 8. The Morgan fingerprint density at radius 3 is 2.29 bits per heavy atom. The number of thiocarbonyl (C=S) groups is 1. The van der Waals surface area contributed by atoms with E-state index >= 15 is 0 Å². The molecule has 0 spiro atoms. The zero-order chi connectivity index (χ0) is 20.8. The molecule has 0 saturated carbocycles. The monoisotopic (exact) mass is 425 g/mol. The van der Waals surface area contributed by atoms with Crippen LogP contribution >= 0.6 is 24.0 Å². The van der Waals surface area contributed by atoms with Gasteiger partial charge in [0.1, 0.15) is 27.3 Å². The first-order valence-electron chi connectivity index (χ1n) is 8.24. The lowest BCUT2D eigenvalue weighted by molar-refractivity contribution is -0.140. The molecule has 8 nitrogen and oxygen atoms in total. The molecule has 0 bridgehead atoms. The highest BCUT2D eigenvalue weighted by Crippen LogP contribution is 2.39. The van der Waals surface area contributed by atoms with E-state index in [1.807, 2.05) is 6.92 Å². The smallest absolute Gasteiger partial charge is 0.323 e. The third-order valence-corrected chi connectivity index (χ3v) is 5.06. The Morgan fingerprint density at radius 1 is 1.18 bits per heavy atom. The van der Waals surface area contributed by atoms with Crippen LogP contribution in [0.1, 0.15) is 25.3 Å². The molecule has 0 aliphatic carbocycles. The Hall–Kier alpha value is -2.59. The molecular formula is C18H19NO7S2. The van der Waals surface area contributed by atoms with Crippen molar-refractivity contribution in [1.29, 1.82) is 0 Å². The number of amides is 1. The molecule has 0 unspecified atom stereocenters. The van der Waals surface area contributed by atoms with Crippen LogP contribution in [0.15, 0.2) is 23.1 Å². The molecule has 1 aliphatic rings. The first-order valence-corrected chi connectivity index (χ1v) is 9.47. The van der Waals surface area contributed by atoms with Crippen molar-refractivity contribution in [2.75, 3.05) is 20.8 Å². The van der Waals surface area contributed by atoms with Gasteiger partial charge in [0, 0.05) is 18.1 Å². The van der Waals surface area contributed by atoms with Crippen LogP contribution in [-0.4, -0.2) is 52.9 Å². The van der Waals surface area contributed by atoms with E-state index in [0.717, 1.165) is 16.7 Å². The largest absolute Gasteiger partial charge is 0.497 e. The second-order valence-electron chi connectivity index (χ2n) is 5.64. The van der Waals surface area contributed by atoms with Gasteiger partial charge in [-0.2, -0.15) is 0 Å². The molecule has 1 N–H and O–H groups in total. The summed E-state index contributed by atoms with van der Waals surface area (Å²) in [5.74, 6) is -1.52. The molecule has 0 aromatic heterocycles. The average Bonchev–Trinajstić information content (AvgIpc) is 2.93. The molecule has 2 rings (SSSR count). The molecule has 0 radical (unpaired) electrons. The van der Waals surface area contributed by atoms with Crippen LogP contribution in [0.4, 0.5) is 0 Å². The Labute approximate surface area is 171 Å². The van der Waals surface area contributed by atoms with E-state index in [1.165, 1.54) is 14.2 Å². The summed E-state index contributed by atoms with van der Waals surface area (Å²) in [6.07, 6.45) is 0.716. The normalized spacial score (nSPS) is 15.5. The number of benzene rings is 1. The lowest BCUT2D eigenvalue weighted by atomic mass is 10.1. The molecule has 150 valence electrons. The Bertz CT molecular complexity index is 828. The number of ether oxygens (including phenoxy) is 3. The predicted octanol–water partition coefficient (Wildman–Crippen LogP) is 2.66. The summed E-state index contributed by atoms with van der Waals surface area (Å²) in [6, 6.07) is 4.80. The number of carboxylic acid groups (broad SMARTS) is 1. The number of methoxy groups -OCH3 is 2. The number of hydrogen-bond donors (Lipinski definition) is 1. The van der Waals surface area contributed by atoms with Gasteiger partial charge in [0.15, 0.2) is 5.76 Å². The number of nitrogens with zero attached hydrogens (tertiary/aromatic N) is 1. The van der Waals surface area contributed by atoms with Crippen molar-refractivity contribution in [1.82, 2.24) is 4.90 Å². The minimum Gasteiger partial charge on any atom is -0.497 e. The SMILES string of the molecule is CCCC(=O)OC(=C1SC(=S)N(CC(=O)O)C1=O)c1cc(OC)cc(OC)c1. The first kappa shape index (κ1) is 21.7. The summed E-state index contributed by atoms with van der Waals surface area (Å²) in [5, 5.41) is 9.01. The lowest BCUT2D eigenvalue weighted by Gasteiger charge is -2.14. The van der Waals surface area contributed by atoms with Crippen LogP contribution in [0.5, 0.6) is 11.5 Å². The number of aliphatic carboxylic acids is 1. The zero-order valence-corrected chi connectivity index (χ0v) is 17.1. The van der Waals surface area contributed by atoms with Gasteiger partial charge < -0.3 is 19.3 Å². The molecular weight excluding hydrogens is 406 g/mol. The summed E-state index contributed by atoms with van der Waals surface area (Å²) >= 11 is 6.00. The maximum atomic E-state index is 12.8. The maximum absolute atomic E-state index is 12.8. The van der Waals surface area contributed by atoms with Gasteiger partial charge in [-0.25, -0.2) is 0 Å². The van der Waals surface area contributed by atoms with Gasteiger partial charge in [-0.3, -0.25) is 19.3 Å². The second-order valence-corrected chi connectivity index (χ2v) is 7.28. The first-order chi connectivity index (χ1) is 13.3. The van der Waals surface area contributed by atoms with E-state index in [1.54, 1.807) is 18.2 Å². The molecule has 28 heavy (non-hydrogen) atoms. The minimum absolute atomic E-state index is 0.0131. The number of carbonyl (C=O) groups is 3. The fraction of sp³-hybridized carbons (Fsp3) is 0.333. The van der Waals surface area contributed by atoms with Crippen molar-refractivity contribution in [3.63, 3.8) is 0 Å². The van der Waals surface area contributed by atoms with Crippen molar-refractivity contribution >= 4 is 51.9 Å². The van der Waals surface area contributed by atoms with E-state index < -0.39 is 24.4 Å². The average molecular weight is 425 g/mol. The van der Waals surface area contributed by atoms with Crippen LogP contribution in [0, 0.1) is 0 Å². The summed E-state index contributed by atoms with van der Waals surface area (Å²) in [5.41, 5.74) is 0.372. The summed E-state index contributed by atoms with van der Waals surface area (Å²) in [7, 11) is 2.93. The molecule has 1 aromatic carbocycles. The highest BCUT2D eigenvalue weighted by molar-refractivity contribution is 8.26. The predicted molar refractivity (Wildman–Crippen MR) is 107 cm³/mol. The summed E-state index contributed by atoms with van der Waals surface area (Å²) in [4.78, 5) is 36.9.